The molecule has 1 aliphatic rings. The van der Waals surface area contributed by atoms with Crippen molar-refractivity contribution in [1.82, 2.24) is 30.5 Å². The van der Waals surface area contributed by atoms with E-state index in [1.54, 1.807) is 0 Å². The Morgan fingerprint density at radius 1 is 1.13 bits per heavy atom. The number of allylic oxidation sites excluding steroid dienone is 5. The van der Waals surface area contributed by atoms with Crippen LogP contribution in [0.3, 0.4) is 0 Å². The van der Waals surface area contributed by atoms with Gasteiger partial charge in [0.15, 0.2) is 11.5 Å². The van der Waals surface area contributed by atoms with Crippen LogP contribution in [-0.2, 0) is 0 Å². The van der Waals surface area contributed by atoms with Crippen molar-refractivity contribution in [3.63, 3.8) is 0 Å². The second kappa shape index (κ2) is 7.72. The zero-order valence-electron chi connectivity index (χ0n) is 17.4. The molecule has 1 saturated carbocycles. The zero-order chi connectivity index (χ0) is 21.4. The SMILES string of the molecule is C=C/C(=C\C(=C/C)c1ccc2[nH]nc(-c3nc4ccccc4[nH]3)c2n1)NC(=C)C1CC1. The molecule has 3 aromatic heterocycles. The number of para-hydroxylation sites is 2. The van der Waals surface area contributed by atoms with Crippen LogP contribution in [0, 0.1) is 5.92 Å². The summed E-state index contributed by atoms with van der Waals surface area (Å²) in [6, 6.07) is 11.9. The van der Waals surface area contributed by atoms with E-state index in [1.807, 2.05) is 55.5 Å². The topological polar surface area (TPSA) is 82.3 Å². The lowest BCUT2D eigenvalue weighted by atomic mass is 10.1. The third kappa shape index (κ3) is 3.68. The van der Waals surface area contributed by atoms with Gasteiger partial charge in [-0.1, -0.05) is 31.4 Å². The van der Waals surface area contributed by atoms with Gasteiger partial charge in [0.25, 0.3) is 0 Å². The maximum atomic E-state index is 4.92. The molecule has 1 fully saturated rings. The van der Waals surface area contributed by atoms with E-state index in [1.165, 1.54) is 12.8 Å². The number of nitrogens with zero attached hydrogens (tertiary/aromatic N) is 3. The van der Waals surface area contributed by atoms with Gasteiger partial charge in [-0.05, 0) is 67.7 Å². The first-order chi connectivity index (χ1) is 15.2. The lowest BCUT2D eigenvalue weighted by Crippen LogP contribution is -2.11. The molecule has 0 amide bonds. The van der Waals surface area contributed by atoms with E-state index >= 15 is 0 Å². The first-order valence-electron chi connectivity index (χ1n) is 10.4. The molecule has 0 aliphatic heterocycles. The Morgan fingerprint density at radius 2 is 1.97 bits per heavy atom. The van der Waals surface area contributed by atoms with Crippen LogP contribution in [0.25, 0.3) is 39.2 Å². The molecule has 3 heterocycles. The van der Waals surface area contributed by atoms with Gasteiger partial charge < -0.3 is 10.3 Å². The van der Waals surface area contributed by atoms with Gasteiger partial charge in [0, 0.05) is 11.4 Å². The molecule has 0 unspecified atom stereocenters. The number of hydrogen-bond acceptors (Lipinski definition) is 4. The lowest BCUT2D eigenvalue weighted by molar-refractivity contribution is 0.865. The summed E-state index contributed by atoms with van der Waals surface area (Å²) in [6.45, 7) is 10.1. The Morgan fingerprint density at radius 3 is 2.71 bits per heavy atom. The Bertz CT molecular complexity index is 1330. The van der Waals surface area contributed by atoms with E-state index in [-0.39, 0.29) is 0 Å². The van der Waals surface area contributed by atoms with Gasteiger partial charge in [0.05, 0.1) is 22.2 Å². The summed E-state index contributed by atoms with van der Waals surface area (Å²) in [5.74, 6) is 1.27. The summed E-state index contributed by atoms with van der Waals surface area (Å²) in [7, 11) is 0. The Labute approximate surface area is 180 Å². The maximum Gasteiger partial charge on any atom is 0.161 e. The van der Waals surface area contributed by atoms with Gasteiger partial charge in [-0.3, -0.25) is 5.10 Å². The Kier molecular flexibility index (Phi) is 4.75. The van der Waals surface area contributed by atoms with Gasteiger partial charge in [-0.15, -0.1) is 0 Å². The first kappa shape index (κ1) is 19.1. The molecule has 3 N–H and O–H groups in total. The van der Waals surface area contributed by atoms with Crippen LogP contribution < -0.4 is 5.32 Å². The minimum absolute atomic E-state index is 0.573. The van der Waals surface area contributed by atoms with Gasteiger partial charge in [0.1, 0.15) is 5.52 Å². The number of aromatic nitrogens is 5. The molecule has 1 aliphatic carbocycles. The van der Waals surface area contributed by atoms with Crippen LogP contribution >= 0.6 is 0 Å². The third-order valence-electron chi connectivity index (χ3n) is 5.53. The predicted octanol–water partition coefficient (Wildman–Crippen LogP) is 5.49. The third-order valence-corrected chi connectivity index (χ3v) is 5.53. The summed E-state index contributed by atoms with van der Waals surface area (Å²) in [5, 5.41) is 10.9. The minimum Gasteiger partial charge on any atom is -0.359 e. The van der Waals surface area contributed by atoms with Crippen molar-refractivity contribution in [1.29, 1.82) is 0 Å². The predicted molar refractivity (Wildman–Crippen MR) is 126 cm³/mol. The number of hydrogen-bond donors (Lipinski definition) is 3. The van der Waals surface area contributed by atoms with E-state index < -0.39 is 0 Å². The standard InChI is InChI=1S/C25H24N6/c1-4-16(14-18(5-2)26-15(3)17-10-11-17)19-12-13-22-23(27-19)24(31-30-22)25-28-20-8-6-7-9-21(20)29-25/h4-9,12-14,17,26H,2-3,10-11H2,1H3,(H,28,29)(H,30,31)/b16-4+,18-14+. The molecule has 0 saturated heterocycles. The number of rotatable bonds is 7. The zero-order valence-corrected chi connectivity index (χ0v) is 17.4. The van der Waals surface area contributed by atoms with Crippen LogP contribution in [0.15, 0.2) is 79.2 Å². The molecular weight excluding hydrogens is 384 g/mol. The average molecular weight is 409 g/mol. The Balaban J connectivity index is 1.52. The first-order valence-corrected chi connectivity index (χ1v) is 10.4. The van der Waals surface area contributed by atoms with E-state index in [0.29, 0.717) is 17.4 Å². The molecule has 0 bridgehead atoms. The van der Waals surface area contributed by atoms with Crippen LogP contribution in [0.4, 0.5) is 0 Å². The normalized spacial score (nSPS) is 14.9. The Hall–Kier alpha value is -3.93. The molecule has 0 radical (unpaired) electrons. The molecule has 154 valence electrons. The summed E-state index contributed by atoms with van der Waals surface area (Å²) in [4.78, 5) is 12.9. The van der Waals surface area contributed by atoms with Crippen molar-refractivity contribution in [2.45, 2.75) is 19.8 Å². The van der Waals surface area contributed by atoms with E-state index in [2.05, 4.69) is 44.7 Å². The molecule has 4 aromatic rings. The number of nitrogens with one attached hydrogen (secondary N) is 3. The fourth-order valence-corrected chi connectivity index (χ4v) is 3.63. The highest BCUT2D eigenvalue weighted by Crippen LogP contribution is 2.34. The van der Waals surface area contributed by atoms with Crippen LogP contribution in [0.2, 0.25) is 0 Å². The van der Waals surface area contributed by atoms with E-state index in [4.69, 9.17) is 4.98 Å². The van der Waals surface area contributed by atoms with Gasteiger partial charge in [0.2, 0.25) is 0 Å². The largest absolute Gasteiger partial charge is 0.359 e. The molecule has 0 atom stereocenters. The summed E-state index contributed by atoms with van der Waals surface area (Å²) < 4.78 is 0. The van der Waals surface area contributed by atoms with Crippen LogP contribution in [0.5, 0.6) is 0 Å². The quantitative estimate of drug-likeness (QED) is 0.353. The monoisotopic (exact) mass is 408 g/mol. The second-order valence-electron chi connectivity index (χ2n) is 7.74. The molecule has 6 heteroatoms. The van der Waals surface area contributed by atoms with E-state index in [9.17, 15) is 0 Å². The lowest BCUT2D eigenvalue weighted by Gasteiger charge is -2.11. The highest BCUT2D eigenvalue weighted by atomic mass is 15.1. The van der Waals surface area contributed by atoms with Gasteiger partial charge in [-0.2, -0.15) is 5.10 Å². The number of fused-ring (bicyclic) bond motifs is 2. The molecule has 6 nitrogen and oxygen atoms in total. The highest BCUT2D eigenvalue weighted by Gasteiger charge is 2.24. The second-order valence-corrected chi connectivity index (χ2v) is 7.74. The molecule has 31 heavy (non-hydrogen) atoms. The number of aromatic amines is 2. The summed E-state index contributed by atoms with van der Waals surface area (Å²) in [5.41, 5.74) is 8.03. The maximum absolute atomic E-state index is 4.92. The summed E-state index contributed by atoms with van der Waals surface area (Å²) in [6.07, 6.45) is 8.31. The number of benzene rings is 1. The van der Waals surface area contributed by atoms with Gasteiger partial charge in [-0.25, -0.2) is 9.97 Å². The molecule has 1 aromatic carbocycles. The smallest absolute Gasteiger partial charge is 0.161 e. The van der Waals surface area contributed by atoms with Crippen molar-refractivity contribution in [2.75, 3.05) is 0 Å². The average Bonchev–Trinajstić information content (AvgIpc) is 3.43. The number of pyridine rings is 1. The fourth-order valence-electron chi connectivity index (χ4n) is 3.63. The fraction of sp³-hybridized carbons (Fsp3) is 0.160. The van der Waals surface area contributed by atoms with Crippen molar-refractivity contribution >= 4 is 27.6 Å². The molecule has 0 spiro atoms. The number of imidazole rings is 1. The van der Waals surface area contributed by atoms with Crippen molar-refractivity contribution in [3.05, 3.63) is 84.9 Å². The van der Waals surface area contributed by atoms with Gasteiger partial charge >= 0.3 is 0 Å². The van der Waals surface area contributed by atoms with Crippen molar-refractivity contribution in [2.24, 2.45) is 5.92 Å². The van der Waals surface area contributed by atoms with Crippen molar-refractivity contribution in [3.8, 4) is 11.5 Å². The van der Waals surface area contributed by atoms with E-state index in [0.717, 1.165) is 44.7 Å². The van der Waals surface area contributed by atoms with Crippen LogP contribution in [-0.4, -0.2) is 25.1 Å². The number of H-pyrrole nitrogens is 2. The minimum atomic E-state index is 0.573. The highest BCUT2D eigenvalue weighted by molar-refractivity contribution is 5.91. The summed E-state index contributed by atoms with van der Waals surface area (Å²) >= 11 is 0. The van der Waals surface area contributed by atoms with Crippen molar-refractivity contribution < 1.29 is 0 Å². The van der Waals surface area contributed by atoms with Crippen LogP contribution in [0.1, 0.15) is 25.5 Å². The molecule has 5 rings (SSSR count). The molecular formula is C25H24N6.